The van der Waals surface area contributed by atoms with Gasteiger partial charge in [-0.15, -0.1) is 0 Å². The first-order valence-electron chi connectivity index (χ1n) is 16.5. The summed E-state index contributed by atoms with van der Waals surface area (Å²) in [5, 5.41) is 9.99. The van der Waals surface area contributed by atoms with Crippen LogP contribution in [0.25, 0.3) is 10.8 Å². The molecule has 0 spiro atoms. The van der Waals surface area contributed by atoms with E-state index in [1.807, 2.05) is 38.1 Å². The van der Waals surface area contributed by atoms with Crippen LogP contribution < -0.4 is 59.1 Å². The summed E-state index contributed by atoms with van der Waals surface area (Å²) in [6.07, 6.45) is 13.1. The van der Waals surface area contributed by atoms with E-state index < -0.39 is 20.5 Å². The maximum Gasteiger partial charge on any atom is 1.00 e. The summed E-state index contributed by atoms with van der Waals surface area (Å²) >= 11 is 0. The van der Waals surface area contributed by atoms with E-state index in [0.29, 0.717) is 35.5 Å². The normalized spacial score (nSPS) is 11.2. The first-order valence-corrected chi connectivity index (χ1v) is 19.2. The minimum atomic E-state index is -4.51. The molecule has 0 saturated carbocycles. The van der Waals surface area contributed by atoms with Crippen LogP contribution in [0.3, 0.4) is 0 Å². The molecule has 260 valence electrons. The second kappa shape index (κ2) is 27.2. The SMILES string of the molecule is CC(C)Cc1cc2ccccc2c(S(=O)(=O)[O-])c1CC(C)C.CCCCCCCCCCCCOS(=O)(=O)[O-].Oc1ccccc1.[Na+].[Na+]. The van der Waals surface area contributed by atoms with Gasteiger partial charge in [-0.3, -0.25) is 4.18 Å². The fourth-order valence-electron chi connectivity index (χ4n) is 5.13. The van der Waals surface area contributed by atoms with Gasteiger partial charge in [0, 0.05) is 0 Å². The van der Waals surface area contributed by atoms with Gasteiger partial charge in [0.2, 0.25) is 10.4 Å². The number of rotatable bonds is 17. The van der Waals surface area contributed by atoms with Crippen molar-refractivity contribution in [1.29, 1.82) is 0 Å². The molecular weight excluding hydrogens is 671 g/mol. The van der Waals surface area contributed by atoms with Crippen LogP contribution in [0.15, 0.2) is 65.6 Å². The van der Waals surface area contributed by atoms with Crippen molar-refractivity contribution in [3.8, 4) is 5.75 Å². The zero-order valence-electron chi connectivity index (χ0n) is 30.2. The zero-order valence-corrected chi connectivity index (χ0v) is 35.9. The largest absolute Gasteiger partial charge is 1.00 e. The molecule has 0 atom stereocenters. The third-order valence-electron chi connectivity index (χ3n) is 7.17. The number of phenols is 1. The number of hydrogen-bond acceptors (Lipinski definition) is 8. The van der Waals surface area contributed by atoms with Gasteiger partial charge in [0.15, 0.2) is 0 Å². The molecule has 1 N–H and O–H groups in total. The second-order valence-corrected chi connectivity index (χ2v) is 14.8. The fourth-order valence-corrected chi connectivity index (χ4v) is 6.42. The van der Waals surface area contributed by atoms with Crippen LogP contribution >= 0.6 is 0 Å². The maximum absolute atomic E-state index is 11.9. The molecule has 0 unspecified atom stereocenters. The minimum Gasteiger partial charge on any atom is -0.744 e. The smallest absolute Gasteiger partial charge is 0.744 e. The van der Waals surface area contributed by atoms with Gasteiger partial charge in [-0.05, 0) is 65.1 Å². The van der Waals surface area contributed by atoms with Gasteiger partial charge >= 0.3 is 59.1 Å². The summed E-state index contributed by atoms with van der Waals surface area (Å²) in [7, 11) is -9.00. The van der Waals surface area contributed by atoms with Gasteiger partial charge in [-0.1, -0.05) is 141 Å². The standard InChI is InChI=1S/C18H24O3S.C12H26O4S.C6H6O.2Na/c1-12(2)9-15-11-14-7-5-6-8-16(14)18(22(19,20)21)17(15)10-13(3)4;1-2-3-4-5-6-7-8-9-10-11-12-16-17(13,14)15;7-6-4-2-1-3-5-6;;/h5-8,11-13H,9-10H2,1-4H3,(H,19,20,21);2-12H2,1H3,(H,13,14,15);1-5,7H;;/q;;;2*+1/p-2. The summed E-state index contributed by atoms with van der Waals surface area (Å²) in [5.41, 5.74) is 1.69. The molecule has 12 heteroatoms. The van der Waals surface area contributed by atoms with Crippen LogP contribution in [-0.2, 0) is 37.5 Å². The van der Waals surface area contributed by atoms with Crippen LogP contribution in [0.5, 0.6) is 5.75 Å². The monoisotopic (exact) mass is 724 g/mol. The van der Waals surface area contributed by atoms with E-state index in [9.17, 15) is 25.9 Å². The van der Waals surface area contributed by atoms with Crippen molar-refractivity contribution < 1.29 is 94.3 Å². The first-order chi connectivity index (χ1) is 21.7. The molecule has 0 aromatic heterocycles. The molecule has 0 aliphatic heterocycles. The van der Waals surface area contributed by atoms with Gasteiger partial charge in [0.05, 0.1) is 11.5 Å². The van der Waals surface area contributed by atoms with Crippen LogP contribution in [0.2, 0.25) is 0 Å². The molecule has 0 bridgehead atoms. The number of fused-ring (bicyclic) bond motifs is 1. The molecule has 3 aromatic carbocycles. The molecule has 3 rings (SSSR count). The zero-order chi connectivity index (χ0) is 34.6. The Kier molecular flexibility index (Phi) is 28.1. The van der Waals surface area contributed by atoms with Gasteiger partial charge in [-0.2, -0.15) is 0 Å². The molecule has 0 aliphatic carbocycles. The summed E-state index contributed by atoms with van der Waals surface area (Å²) in [6.45, 7) is 10.5. The minimum absolute atomic E-state index is 0. The van der Waals surface area contributed by atoms with Crippen molar-refractivity contribution in [2.45, 2.75) is 117 Å². The van der Waals surface area contributed by atoms with Crippen molar-refractivity contribution >= 4 is 31.3 Å². The molecule has 8 nitrogen and oxygen atoms in total. The molecule has 0 fully saturated rings. The van der Waals surface area contributed by atoms with Crippen LogP contribution in [0.1, 0.15) is 110 Å². The Hall–Kier alpha value is -0.500. The third kappa shape index (κ3) is 23.1. The third-order valence-corrected chi connectivity index (χ3v) is 8.59. The summed E-state index contributed by atoms with van der Waals surface area (Å²) in [5.74, 6) is 1.00. The molecule has 0 heterocycles. The van der Waals surface area contributed by atoms with Crippen LogP contribution in [0, 0.1) is 11.8 Å². The van der Waals surface area contributed by atoms with E-state index in [1.54, 1.807) is 36.4 Å². The fraction of sp³-hybridized carbons (Fsp3) is 0.556. The van der Waals surface area contributed by atoms with Crippen molar-refractivity contribution in [1.82, 2.24) is 0 Å². The van der Waals surface area contributed by atoms with Crippen molar-refractivity contribution in [2.75, 3.05) is 6.61 Å². The van der Waals surface area contributed by atoms with Gasteiger partial charge in [-0.25, -0.2) is 16.8 Å². The maximum atomic E-state index is 11.9. The Morgan fingerprint density at radius 1 is 0.688 bits per heavy atom. The number of aromatic hydroxyl groups is 1. The van der Waals surface area contributed by atoms with Gasteiger partial charge < -0.3 is 14.2 Å². The average molecular weight is 725 g/mol. The molecule has 0 saturated heterocycles. The summed E-state index contributed by atoms with van der Waals surface area (Å²) in [4.78, 5) is -0.0186. The Labute approximate surface area is 335 Å². The molecule has 48 heavy (non-hydrogen) atoms. The van der Waals surface area contributed by atoms with Gasteiger partial charge in [0.25, 0.3) is 0 Å². The summed E-state index contributed by atoms with van der Waals surface area (Å²) < 4.78 is 70.3. The molecule has 3 aromatic rings. The topological polar surface area (TPSA) is 144 Å². The number of hydrogen-bond donors (Lipinski definition) is 1. The van der Waals surface area contributed by atoms with Crippen LogP contribution in [-0.4, -0.2) is 37.7 Å². The Bertz CT molecular complexity index is 1480. The Morgan fingerprint density at radius 3 is 1.60 bits per heavy atom. The molecular formula is C36H54Na2O8S2. The first kappa shape index (κ1) is 49.6. The predicted molar refractivity (Wildman–Crippen MR) is 185 cm³/mol. The molecule has 0 amide bonds. The van der Waals surface area contributed by atoms with E-state index >= 15 is 0 Å². The summed E-state index contributed by atoms with van der Waals surface area (Å²) in [6, 6.07) is 18.0. The second-order valence-electron chi connectivity index (χ2n) is 12.5. The number of para-hydroxylation sites is 1. The average Bonchev–Trinajstić information content (AvgIpc) is 2.95. The molecule has 0 radical (unpaired) electrons. The van der Waals surface area contributed by atoms with Crippen LogP contribution in [0.4, 0.5) is 0 Å². The van der Waals surface area contributed by atoms with E-state index in [4.69, 9.17) is 5.11 Å². The number of benzene rings is 3. The Morgan fingerprint density at radius 2 is 1.17 bits per heavy atom. The quantitative estimate of drug-likeness (QED) is 0.0970. The van der Waals surface area contributed by atoms with E-state index in [1.165, 1.54) is 44.9 Å². The number of phenolic OH excluding ortho intramolecular Hbond substituents is 1. The predicted octanol–water partition coefficient (Wildman–Crippen LogP) is 2.93. The molecule has 0 aliphatic rings. The van der Waals surface area contributed by atoms with Crippen molar-refractivity contribution in [2.24, 2.45) is 11.8 Å². The van der Waals surface area contributed by atoms with E-state index in [0.717, 1.165) is 30.2 Å². The van der Waals surface area contributed by atoms with Crippen molar-refractivity contribution in [3.05, 3.63) is 71.8 Å². The van der Waals surface area contributed by atoms with Crippen molar-refractivity contribution in [3.63, 3.8) is 0 Å². The number of unbranched alkanes of at least 4 members (excludes halogenated alkanes) is 9. The van der Waals surface area contributed by atoms with Gasteiger partial charge in [0.1, 0.15) is 15.9 Å². The van der Waals surface area contributed by atoms with E-state index in [2.05, 4.69) is 25.0 Å². The van der Waals surface area contributed by atoms with E-state index in [-0.39, 0.29) is 76.5 Å². The Balaban J connectivity index is 0.